The fraction of sp³-hybridized carbons (Fsp3) is 0.250. The fourth-order valence-electron chi connectivity index (χ4n) is 0.996. The van der Waals surface area contributed by atoms with Crippen molar-refractivity contribution >= 4 is 27.7 Å². The highest BCUT2D eigenvalue weighted by Gasteiger charge is 2.20. The lowest BCUT2D eigenvalue weighted by molar-refractivity contribution is -0.390. The summed E-state index contributed by atoms with van der Waals surface area (Å²) in [5.74, 6) is -0.887. The van der Waals surface area contributed by atoms with Crippen molar-refractivity contribution in [3.05, 3.63) is 32.4 Å². The van der Waals surface area contributed by atoms with Crippen LogP contribution in [-0.2, 0) is 16.0 Å². The van der Waals surface area contributed by atoms with Crippen LogP contribution in [-0.4, -0.2) is 23.0 Å². The summed E-state index contributed by atoms with van der Waals surface area (Å²) < 4.78 is 4.90. The summed E-state index contributed by atoms with van der Waals surface area (Å²) in [5.41, 5.74) is 0.217. The predicted molar refractivity (Wildman–Crippen MR) is 54.3 cm³/mol. The summed E-state index contributed by atoms with van der Waals surface area (Å²) in [4.78, 5) is 24.6. The Labute approximate surface area is 93.5 Å². The lowest BCUT2D eigenvalue weighted by Crippen LogP contribution is -2.08. The zero-order valence-corrected chi connectivity index (χ0v) is 9.35. The van der Waals surface area contributed by atoms with Crippen LogP contribution in [0.2, 0.25) is 0 Å². The van der Waals surface area contributed by atoms with E-state index in [4.69, 9.17) is 0 Å². The average molecular weight is 275 g/mol. The van der Waals surface area contributed by atoms with E-state index in [1.165, 1.54) is 19.4 Å². The highest BCUT2D eigenvalue weighted by atomic mass is 79.9. The molecule has 0 aliphatic carbocycles. The van der Waals surface area contributed by atoms with Gasteiger partial charge in [-0.1, -0.05) is 15.9 Å². The Kier molecular flexibility index (Phi) is 3.73. The molecule has 1 aromatic rings. The fourth-order valence-corrected chi connectivity index (χ4v) is 1.43. The third-order valence-electron chi connectivity index (χ3n) is 1.70. The molecule has 0 fully saturated rings. The van der Waals surface area contributed by atoms with Crippen molar-refractivity contribution in [1.29, 1.82) is 0 Å². The summed E-state index contributed by atoms with van der Waals surface area (Å²) in [6.45, 7) is 0. The smallest absolute Gasteiger partial charge is 0.368 e. The lowest BCUT2D eigenvalue weighted by Gasteiger charge is -2.03. The topological polar surface area (TPSA) is 82.3 Å². The van der Waals surface area contributed by atoms with Crippen LogP contribution >= 0.6 is 15.9 Å². The largest absolute Gasteiger partial charge is 0.469 e. The van der Waals surface area contributed by atoms with Gasteiger partial charge in [-0.3, -0.25) is 4.79 Å². The number of nitrogens with zero attached hydrogens (tertiary/aromatic N) is 2. The lowest BCUT2D eigenvalue weighted by atomic mass is 10.2. The van der Waals surface area contributed by atoms with E-state index in [2.05, 4.69) is 25.7 Å². The van der Waals surface area contributed by atoms with Crippen LogP contribution in [0.5, 0.6) is 0 Å². The SMILES string of the molecule is COC(=O)Cc1c(Br)ccnc1[N+](=O)[O-]. The molecule has 0 bridgehead atoms. The number of hydrogen-bond acceptors (Lipinski definition) is 5. The molecule has 0 saturated heterocycles. The number of carbonyl (C=O) groups is 1. The number of carbonyl (C=O) groups excluding carboxylic acids is 1. The molecule has 0 saturated carbocycles. The Hall–Kier alpha value is -1.50. The molecule has 6 nitrogen and oxygen atoms in total. The van der Waals surface area contributed by atoms with Crippen LogP contribution in [0.3, 0.4) is 0 Å². The summed E-state index contributed by atoms with van der Waals surface area (Å²) >= 11 is 3.12. The van der Waals surface area contributed by atoms with Crippen LogP contribution in [0.4, 0.5) is 5.82 Å². The van der Waals surface area contributed by atoms with Gasteiger partial charge in [0.1, 0.15) is 6.20 Å². The van der Waals surface area contributed by atoms with Crippen molar-refractivity contribution in [3.8, 4) is 0 Å². The highest BCUT2D eigenvalue weighted by molar-refractivity contribution is 9.10. The molecule has 0 aliphatic heterocycles. The van der Waals surface area contributed by atoms with Crippen LogP contribution in [0.15, 0.2) is 16.7 Å². The minimum absolute atomic E-state index is 0.179. The van der Waals surface area contributed by atoms with E-state index in [1.54, 1.807) is 0 Å². The molecular formula is C8H7BrN2O4. The number of esters is 1. The molecule has 0 atom stereocenters. The van der Waals surface area contributed by atoms with Crippen molar-refractivity contribution in [3.63, 3.8) is 0 Å². The molecule has 0 amide bonds. The minimum Gasteiger partial charge on any atom is -0.469 e. The molecule has 0 radical (unpaired) electrons. The number of pyridine rings is 1. The Morgan fingerprint density at radius 1 is 1.73 bits per heavy atom. The van der Waals surface area contributed by atoms with Crippen LogP contribution in [0.1, 0.15) is 5.56 Å². The number of nitro groups is 1. The van der Waals surface area contributed by atoms with E-state index in [0.29, 0.717) is 4.47 Å². The molecule has 0 unspecified atom stereocenters. The van der Waals surface area contributed by atoms with Crippen molar-refractivity contribution in [2.45, 2.75) is 6.42 Å². The van der Waals surface area contributed by atoms with Crippen LogP contribution in [0, 0.1) is 10.1 Å². The Morgan fingerprint density at radius 3 is 2.93 bits per heavy atom. The molecule has 1 heterocycles. The van der Waals surface area contributed by atoms with E-state index in [0.717, 1.165) is 0 Å². The normalized spacial score (nSPS) is 9.73. The number of halogens is 1. The van der Waals surface area contributed by atoms with Gasteiger partial charge in [-0.15, -0.1) is 0 Å². The zero-order valence-electron chi connectivity index (χ0n) is 7.77. The number of rotatable bonds is 3. The maximum absolute atomic E-state index is 11.0. The van der Waals surface area contributed by atoms with Crippen molar-refractivity contribution in [2.24, 2.45) is 0 Å². The van der Waals surface area contributed by atoms with Gasteiger partial charge in [0, 0.05) is 4.47 Å². The van der Waals surface area contributed by atoms with E-state index >= 15 is 0 Å². The van der Waals surface area contributed by atoms with Gasteiger partial charge in [-0.2, -0.15) is 0 Å². The van der Waals surface area contributed by atoms with Gasteiger partial charge < -0.3 is 14.9 Å². The van der Waals surface area contributed by atoms with Gasteiger partial charge in [0.15, 0.2) is 0 Å². The quantitative estimate of drug-likeness (QED) is 0.474. The summed E-state index contributed by atoms with van der Waals surface area (Å²) in [6.07, 6.45) is 1.12. The second kappa shape index (κ2) is 4.83. The summed E-state index contributed by atoms with van der Waals surface area (Å²) in [5, 5.41) is 10.6. The molecule has 15 heavy (non-hydrogen) atoms. The maximum Gasteiger partial charge on any atom is 0.368 e. The van der Waals surface area contributed by atoms with Crippen molar-refractivity contribution in [1.82, 2.24) is 4.98 Å². The third kappa shape index (κ3) is 2.72. The molecule has 0 aromatic carbocycles. The van der Waals surface area contributed by atoms with E-state index in [-0.39, 0.29) is 17.8 Å². The molecule has 1 rings (SSSR count). The highest BCUT2D eigenvalue weighted by Crippen LogP contribution is 2.24. The van der Waals surface area contributed by atoms with Crippen LogP contribution in [0.25, 0.3) is 0 Å². The van der Waals surface area contributed by atoms with Gasteiger partial charge in [0.25, 0.3) is 0 Å². The monoisotopic (exact) mass is 274 g/mol. The van der Waals surface area contributed by atoms with E-state index in [1.807, 2.05) is 0 Å². The third-order valence-corrected chi connectivity index (χ3v) is 2.44. The predicted octanol–water partition coefficient (Wildman–Crippen LogP) is 1.47. The van der Waals surface area contributed by atoms with Gasteiger partial charge in [-0.25, -0.2) is 0 Å². The van der Waals surface area contributed by atoms with Crippen LogP contribution < -0.4 is 0 Å². The van der Waals surface area contributed by atoms with E-state index < -0.39 is 10.9 Å². The second-order valence-corrected chi connectivity index (χ2v) is 3.46. The van der Waals surface area contributed by atoms with Gasteiger partial charge in [0.05, 0.1) is 19.1 Å². The number of hydrogen-bond donors (Lipinski definition) is 0. The number of ether oxygens (including phenoxy) is 1. The molecule has 0 spiro atoms. The maximum atomic E-state index is 11.0. The molecule has 0 aliphatic rings. The van der Waals surface area contributed by atoms with Gasteiger partial charge in [0.2, 0.25) is 0 Å². The standard InChI is InChI=1S/C8H7BrN2O4/c1-15-7(12)4-5-6(9)2-3-10-8(5)11(13)14/h2-3H,4H2,1H3. The summed E-state index contributed by atoms with van der Waals surface area (Å²) in [7, 11) is 1.22. The van der Waals surface area contributed by atoms with Crippen molar-refractivity contribution in [2.75, 3.05) is 7.11 Å². The first-order valence-electron chi connectivity index (χ1n) is 3.91. The first-order valence-corrected chi connectivity index (χ1v) is 4.70. The molecular weight excluding hydrogens is 268 g/mol. The molecule has 7 heteroatoms. The Morgan fingerprint density at radius 2 is 2.40 bits per heavy atom. The first kappa shape index (κ1) is 11.6. The van der Waals surface area contributed by atoms with Gasteiger partial charge >= 0.3 is 11.8 Å². The first-order chi connectivity index (χ1) is 7.06. The average Bonchev–Trinajstić information content (AvgIpc) is 2.20. The molecule has 0 N–H and O–H groups in total. The zero-order chi connectivity index (χ0) is 11.4. The Bertz CT molecular complexity index is 408. The summed E-state index contributed by atoms with van der Waals surface area (Å²) in [6, 6.07) is 1.53. The minimum atomic E-state index is -0.636. The second-order valence-electron chi connectivity index (χ2n) is 2.60. The van der Waals surface area contributed by atoms with Crippen molar-refractivity contribution < 1.29 is 14.5 Å². The van der Waals surface area contributed by atoms with Gasteiger partial charge in [-0.05, 0) is 16.0 Å². The molecule has 80 valence electrons. The Balaban J connectivity index is 3.13. The number of methoxy groups -OCH3 is 1. The number of aromatic nitrogens is 1. The molecule has 1 aromatic heterocycles. The van der Waals surface area contributed by atoms with E-state index in [9.17, 15) is 14.9 Å².